The van der Waals surface area contributed by atoms with Gasteiger partial charge in [0.1, 0.15) is 11.4 Å². The number of carbonyl (C=O) groups is 1. The molecule has 0 saturated carbocycles. The van der Waals surface area contributed by atoms with Gasteiger partial charge in [-0.3, -0.25) is 0 Å². The number of benzene rings is 1. The zero-order valence-corrected chi connectivity index (χ0v) is 11.3. The number of carboxylic acid groups (broad SMARTS) is 1. The molecule has 1 aromatic heterocycles. The molecule has 0 radical (unpaired) electrons. The maximum atomic E-state index is 11.2. The van der Waals surface area contributed by atoms with Gasteiger partial charge in [-0.2, -0.15) is 0 Å². The summed E-state index contributed by atoms with van der Waals surface area (Å²) in [6, 6.07) is 9.33. The van der Waals surface area contributed by atoms with Crippen LogP contribution in [0.15, 0.2) is 30.3 Å². The Morgan fingerprint density at radius 2 is 2.05 bits per heavy atom. The number of nitrogens with zero attached hydrogens (tertiary/aromatic N) is 1. The van der Waals surface area contributed by atoms with Crippen molar-refractivity contribution in [3.63, 3.8) is 0 Å². The number of methoxy groups -OCH3 is 1. The molecule has 0 amide bonds. The van der Waals surface area contributed by atoms with E-state index >= 15 is 0 Å². The molecular formula is C15H17NO3. The van der Waals surface area contributed by atoms with E-state index in [0.29, 0.717) is 12.2 Å². The topological polar surface area (TPSA) is 51.5 Å². The molecule has 2 aromatic rings. The van der Waals surface area contributed by atoms with Crippen molar-refractivity contribution >= 4 is 5.97 Å². The van der Waals surface area contributed by atoms with Crippen molar-refractivity contribution in [2.45, 2.75) is 20.4 Å². The summed E-state index contributed by atoms with van der Waals surface area (Å²) in [6.07, 6.45) is 0. The monoisotopic (exact) mass is 259 g/mol. The molecular weight excluding hydrogens is 242 g/mol. The third-order valence-corrected chi connectivity index (χ3v) is 3.21. The largest absolute Gasteiger partial charge is 0.496 e. The second kappa shape index (κ2) is 5.18. The van der Waals surface area contributed by atoms with Gasteiger partial charge in [0.15, 0.2) is 0 Å². The maximum absolute atomic E-state index is 11.2. The zero-order chi connectivity index (χ0) is 14.0. The Balaban J connectivity index is 2.53. The molecule has 100 valence electrons. The van der Waals surface area contributed by atoms with Crippen LogP contribution in [-0.4, -0.2) is 22.8 Å². The zero-order valence-electron chi connectivity index (χ0n) is 11.3. The van der Waals surface area contributed by atoms with E-state index in [1.807, 2.05) is 38.1 Å². The highest BCUT2D eigenvalue weighted by Crippen LogP contribution is 2.27. The minimum Gasteiger partial charge on any atom is -0.496 e. The molecule has 0 unspecified atom stereocenters. The number of aromatic carboxylic acids is 1. The molecule has 1 N–H and O–H groups in total. The summed E-state index contributed by atoms with van der Waals surface area (Å²) in [5.41, 5.74) is 3.24. The van der Waals surface area contributed by atoms with Crippen molar-refractivity contribution < 1.29 is 14.6 Å². The molecule has 0 saturated heterocycles. The van der Waals surface area contributed by atoms with Gasteiger partial charge in [0.05, 0.1) is 7.11 Å². The maximum Gasteiger partial charge on any atom is 0.352 e. The highest BCUT2D eigenvalue weighted by molar-refractivity contribution is 5.87. The number of hydrogen-bond donors (Lipinski definition) is 1. The molecule has 0 aliphatic carbocycles. The van der Waals surface area contributed by atoms with Gasteiger partial charge in [0, 0.05) is 12.2 Å². The van der Waals surface area contributed by atoms with Crippen molar-refractivity contribution in [3.8, 4) is 17.0 Å². The molecule has 0 bridgehead atoms. The summed E-state index contributed by atoms with van der Waals surface area (Å²) in [7, 11) is 1.64. The lowest BCUT2D eigenvalue weighted by Crippen LogP contribution is -2.08. The van der Waals surface area contributed by atoms with Crippen LogP contribution in [-0.2, 0) is 6.54 Å². The molecule has 0 fully saturated rings. The quantitative estimate of drug-likeness (QED) is 0.917. The van der Waals surface area contributed by atoms with Gasteiger partial charge in [0.25, 0.3) is 0 Å². The number of ether oxygens (including phenoxy) is 1. The highest BCUT2D eigenvalue weighted by Gasteiger charge is 2.14. The Bertz CT molecular complexity index is 614. The molecule has 4 nitrogen and oxygen atoms in total. The third kappa shape index (κ3) is 2.34. The Labute approximate surface area is 112 Å². The second-order valence-corrected chi connectivity index (χ2v) is 4.34. The molecule has 1 aromatic carbocycles. The van der Waals surface area contributed by atoms with Crippen LogP contribution in [0.5, 0.6) is 5.75 Å². The lowest BCUT2D eigenvalue weighted by atomic mass is 10.1. The first kappa shape index (κ1) is 13.2. The summed E-state index contributed by atoms with van der Waals surface area (Å²) in [5.74, 6) is -0.0739. The fourth-order valence-electron chi connectivity index (χ4n) is 2.28. The Morgan fingerprint density at radius 1 is 1.32 bits per heavy atom. The standard InChI is InChI=1S/C15H17NO3/c1-4-16-12(6-7-13(16)15(17)18)11-5-8-14(19-3)10(2)9-11/h5-9H,4H2,1-3H3,(H,17,18). The fraction of sp³-hybridized carbons (Fsp3) is 0.267. The first-order valence-electron chi connectivity index (χ1n) is 6.16. The minimum absolute atomic E-state index is 0.311. The average Bonchev–Trinajstić information content (AvgIpc) is 2.82. The molecule has 1 heterocycles. The van der Waals surface area contributed by atoms with Gasteiger partial charge in [-0.15, -0.1) is 0 Å². The van der Waals surface area contributed by atoms with Crippen molar-refractivity contribution in [2.75, 3.05) is 7.11 Å². The lowest BCUT2D eigenvalue weighted by molar-refractivity contribution is 0.0685. The highest BCUT2D eigenvalue weighted by atomic mass is 16.5. The van der Waals surface area contributed by atoms with Gasteiger partial charge in [-0.05, 0) is 55.3 Å². The van der Waals surface area contributed by atoms with E-state index in [-0.39, 0.29) is 0 Å². The van der Waals surface area contributed by atoms with Crippen molar-refractivity contribution in [1.29, 1.82) is 0 Å². The van der Waals surface area contributed by atoms with E-state index in [0.717, 1.165) is 22.6 Å². The van der Waals surface area contributed by atoms with Crippen LogP contribution >= 0.6 is 0 Å². The van der Waals surface area contributed by atoms with E-state index in [9.17, 15) is 4.79 Å². The van der Waals surface area contributed by atoms with Gasteiger partial charge in [-0.1, -0.05) is 0 Å². The summed E-state index contributed by atoms with van der Waals surface area (Å²) in [6.45, 7) is 4.53. The smallest absolute Gasteiger partial charge is 0.352 e. The van der Waals surface area contributed by atoms with Crippen molar-refractivity contribution in [3.05, 3.63) is 41.6 Å². The van der Waals surface area contributed by atoms with Crippen molar-refractivity contribution in [2.24, 2.45) is 0 Å². The first-order chi connectivity index (χ1) is 9.08. The van der Waals surface area contributed by atoms with E-state index in [2.05, 4.69) is 0 Å². The summed E-state index contributed by atoms with van der Waals surface area (Å²) < 4.78 is 7.03. The van der Waals surface area contributed by atoms with Crippen LogP contribution in [0.4, 0.5) is 0 Å². The van der Waals surface area contributed by atoms with E-state index < -0.39 is 5.97 Å². The first-order valence-corrected chi connectivity index (χ1v) is 6.16. The molecule has 4 heteroatoms. The minimum atomic E-state index is -0.904. The Kier molecular flexibility index (Phi) is 3.60. The van der Waals surface area contributed by atoms with Gasteiger partial charge in [-0.25, -0.2) is 4.79 Å². The number of hydrogen-bond acceptors (Lipinski definition) is 2. The van der Waals surface area contributed by atoms with E-state index in [1.54, 1.807) is 17.7 Å². The fourth-order valence-corrected chi connectivity index (χ4v) is 2.28. The Hall–Kier alpha value is -2.23. The molecule has 19 heavy (non-hydrogen) atoms. The molecule has 0 spiro atoms. The molecule has 2 rings (SSSR count). The van der Waals surface area contributed by atoms with Crippen LogP contribution < -0.4 is 4.74 Å². The predicted octanol–water partition coefficient (Wildman–Crippen LogP) is 3.19. The number of aromatic nitrogens is 1. The number of carboxylic acids is 1. The third-order valence-electron chi connectivity index (χ3n) is 3.21. The van der Waals surface area contributed by atoms with Gasteiger partial charge in [0.2, 0.25) is 0 Å². The summed E-state index contributed by atoms with van der Waals surface area (Å²) in [4.78, 5) is 11.2. The van der Waals surface area contributed by atoms with Gasteiger partial charge < -0.3 is 14.4 Å². The summed E-state index contributed by atoms with van der Waals surface area (Å²) in [5, 5.41) is 9.15. The number of rotatable bonds is 4. The van der Waals surface area contributed by atoms with Crippen LogP contribution in [0.2, 0.25) is 0 Å². The van der Waals surface area contributed by atoms with Gasteiger partial charge >= 0.3 is 5.97 Å². The second-order valence-electron chi connectivity index (χ2n) is 4.34. The van der Waals surface area contributed by atoms with E-state index in [1.165, 1.54) is 0 Å². The molecule has 0 aliphatic heterocycles. The van der Waals surface area contributed by atoms with Crippen LogP contribution in [0.25, 0.3) is 11.3 Å². The van der Waals surface area contributed by atoms with Crippen LogP contribution in [0.3, 0.4) is 0 Å². The SMILES string of the molecule is CCn1c(C(=O)O)ccc1-c1ccc(OC)c(C)c1. The summed E-state index contributed by atoms with van der Waals surface area (Å²) >= 11 is 0. The average molecular weight is 259 g/mol. The normalized spacial score (nSPS) is 10.5. The Morgan fingerprint density at radius 3 is 2.58 bits per heavy atom. The molecule has 0 atom stereocenters. The lowest BCUT2D eigenvalue weighted by Gasteiger charge is -2.11. The van der Waals surface area contributed by atoms with Crippen molar-refractivity contribution in [1.82, 2.24) is 4.57 Å². The van der Waals surface area contributed by atoms with Crippen LogP contribution in [0, 0.1) is 6.92 Å². The van der Waals surface area contributed by atoms with Crippen LogP contribution in [0.1, 0.15) is 23.0 Å². The molecule has 0 aliphatic rings. The number of aryl methyl sites for hydroxylation is 1. The van der Waals surface area contributed by atoms with E-state index in [4.69, 9.17) is 9.84 Å². The predicted molar refractivity (Wildman–Crippen MR) is 73.8 cm³/mol.